The molecule has 0 saturated heterocycles. The molecule has 1 aliphatic rings. The molecule has 98 valence electrons. The molecule has 3 rings (SSSR count). The highest BCUT2D eigenvalue weighted by molar-refractivity contribution is 6.30. The fraction of sp³-hybridized carbons (Fsp3) is 0.375. The highest BCUT2D eigenvalue weighted by Gasteiger charge is 2.20. The number of aryl methyl sites for hydroxylation is 1. The molecule has 0 spiro atoms. The van der Waals surface area contributed by atoms with Crippen LogP contribution in [0.1, 0.15) is 30.8 Å². The van der Waals surface area contributed by atoms with E-state index in [9.17, 15) is 0 Å². The first-order chi connectivity index (χ1) is 9.15. The molecule has 2 aromatic rings. The third kappa shape index (κ3) is 2.37. The maximum absolute atomic E-state index is 6.18. The van der Waals surface area contributed by atoms with Crippen molar-refractivity contribution in [3.63, 3.8) is 0 Å². The second kappa shape index (κ2) is 4.93. The van der Waals surface area contributed by atoms with Crippen LogP contribution in [0.4, 0.5) is 0 Å². The third-order valence-electron chi connectivity index (χ3n) is 3.55. The van der Waals surface area contributed by atoms with Gasteiger partial charge in [0.2, 0.25) is 0 Å². The SMILES string of the molecule is CC(C)Cc1ccc2c(n1)CCc1c-2ccnc1Cl. The molecular formula is C16H17ClN2. The molecule has 0 bridgehead atoms. The van der Waals surface area contributed by atoms with Gasteiger partial charge >= 0.3 is 0 Å². The lowest BCUT2D eigenvalue weighted by atomic mass is 9.89. The summed E-state index contributed by atoms with van der Waals surface area (Å²) < 4.78 is 0. The van der Waals surface area contributed by atoms with Crippen LogP contribution in [0, 0.1) is 5.92 Å². The van der Waals surface area contributed by atoms with Crippen molar-refractivity contribution in [3.8, 4) is 11.1 Å². The van der Waals surface area contributed by atoms with Gasteiger partial charge in [0.15, 0.2) is 0 Å². The zero-order chi connectivity index (χ0) is 13.4. The van der Waals surface area contributed by atoms with Gasteiger partial charge < -0.3 is 0 Å². The van der Waals surface area contributed by atoms with Crippen molar-refractivity contribution in [1.29, 1.82) is 0 Å². The number of rotatable bonds is 2. The number of hydrogen-bond acceptors (Lipinski definition) is 2. The number of hydrogen-bond donors (Lipinski definition) is 0. The van der Waals surface area contributed by atoms with Crippen molar-refractivity contribution in [3.05, 3.63) is 46.5 Å². The lowest BCUT2D eigenvalue weighted by Crippen LogP contribution is -2.09. The van der Waals surface area contributed by atoms with Crippen LogP contribution in [-0.2, 0) is 19.3 Å². The van der Waals surface area contributed by atoms with Crippen molar-refractivity contribution in [2.45, 2.75) is 33.1 Å². The molecule has 2 nitrogen and oxygen atoms in total. The van der Waals surface area contributed by atoms with E-state index in [2.05, 4.69) is 31.0 Å². The van der Waals surface area contributed by atoms with E-state index in [0.717, 1.165) is 24.8 Å². The van der Waals surface area contributed by atoms with Crippen molar-refractivity contribution in [2.75, 3.05) is 0 Å². The molecule has 0 aliphatic heterocycles. The van der Waals surface area contributed by atoms with Crippen LogP contribution in [0.2, 0.25) is 5.15 Å². The summed E-state index contributed by atoms with van der Waals surface area (Å²) in [5.74, 6) is 0.639. The number of fused-ring (bicyclic) bond motifs is 3. The summed E-state index contributed by atoms with van der Waals surface area (Å²) in [6.07, 6.45) is 4.71. The monoisotopic (exact) mass is 272 g/mol. The van der Waals surface area contributed by atoms with E-state index in [1.807, 2.05) is 6.07 Å². The van der Waals surface area contributed by atoms with Gasteiger partial charge in [-0.3, -0.25) is 4.98 Å². The van der Waals surface area contributed by atoms with Gasteiger partial charge in [0.1, 0.15) is 5.15 Å². The van der Waals surface area contributed by atoms with E-state index in [1.165, 1.54) is 22.5 Å². The molecular weight excluding hydrogens is 256 g/mol. The summed E-state index contributed by atoms with van der Waals surface area (Å²) in [4.78, 5) is 8.99. The van der Waals surface area contributed by atoms with E-state index >= 15 is 0 Å². The predicted octanol–water partition coefficient (Wildman–Crippen LogP) is 4.09. The summed E-state index contributed by atoms with van der Waals surface area (Å²) in [6, 6.07) is 6.37. The van der Waals surface area contributed by atoms with Gasteiger partial charge in [0.05, 0.1) is 0 Å². The number of halogens is 1. The summed E-state index contributed by atoms with van der Waals surface area (Å²) in [6.45, 7) is 4.45. The fourth-order valence-electron chi connectivity index (χ4n) is 2.71. The summed E-state index contributed by atoms with van der Waals surface area (Å²) in [5.41, 5.74) is 5.98. The number of nitrogens with zero attached hydrogens (tertiary/aromatic N) is 2. The van der Waals surface area contributed by atoms with Gasteiger partial charge in [-0.25, -0.2) is 4.98 Å². The van der Waals surface area contributed by atoms with Crippen LogP contribution < -0.4 is 0 Å². The Kier molecular flexibility index (Phi) is 3.28. The zero-order valence-electron chi connectivity index (χ0n) is 11.3. The Hall–Kier alpha value is -1.41. The van der Waals surface area contributed by atoms with Crippen molar-refractivity contribution < 1.29 is 0 Å². The quantitative estimate of drug-likeness (QED) is 0.770. The van der Waals surface area contributed by atoms with Crippen molar-refractivity contribution in [2.24, 2.45) is 5.92 Å². The summed E-state index contributed by atoms with van der Waals surface area (Å²) >= 11 is 6.18. The second-order valence-corrected chi connectivity index (χ2v) is 5.88. The highest BCUT2D eigenvalue weighted by Crippen LogP contribution is 2.35. The molecule has 0 fully saturated rings. The van der Waals surface area contributed by atoms with E-state index < -0.39 is 0 Å². The predicted molar refractivity (Wildman–Crippen MR) is 78.4 cm³/mol. The molecule has 2 aromatic heterocycles. The lowest BCUT2D eigenvalue weighted by molar-refractivity contribution is 0.632. The maximum atomic E-state index is 6.18. The Bertz CT molecular complexity index is 620. The lowest BCUT2D eigenvalue weighted by Gasteiger charge is -2.20. The van der Waals surface area contributed by atoms with Crippen LogP contribution in [0.3, 0.4) is 0 Å². The molecule has 1 aliphatic carbocycles. The molecule has 0 saturated carbocycles. The Morgan fingerprint density at radius 1 is 1.16 bits per heavy atom. The van der Waals surface area contributed by atoms with Gasteiger partial charge in [-0.05, 0) is 48.4 Å². The van der Waals surface area contributed by atoms with Gasteiger partial charge in [-0.15, -0.1) is 0 Å². The van der Waals surface area contributed by atoms with Crippen molar-refractivity contribution >= 4 is 11.6 Å². The Labute approximate surface area is 118 Å². The smallest absolute Gasteiger partial charge is 0.132 e. The molecule has 2 heterocycles. The first-order valence-electron chi connectivity index (χ1n) is 6.77. The van der Waals surface area contributed by atoms with Gasteiger partial charge in [0.25, 0.3) is 0 Å². The Balaban J connectivity index is 2.06. The molecule has 19 heavy (non-hydrogen) atoms. The fourth-order valence-corrected chi connectivity index (χ4v) is 2.97. The second-order valence-electron chi connectivity index (χ2n) is 5.52. The molecule has 3 heteroatoms. The summed E-state index contributed by atoms with van der Waals surface area (Å²) in [7, 11) is 0. The molecule has 0 aromatic carbocycles. The minimum Gasteiger partial charge on any atom is -0.257 e. The van der Waals surface area contributed by atoms with E-state index in [4.69, 9.17) is 16.6 Å². The van der Waals surface area contributed by atoms with E-state index in [1.54, 1.807) is 6.20 Å². The topological polar surface area (TPSA) is 25.8 Å². The van der Waals surface area contributed by atoms with Crippen LogP contribution in [0.5, 0.6) is 0 Å². The first-order valence-corrected chi connectivity index (χ1v) is 7.15. The minimum absolute atomic E-state index is 0.634. The number of pyridine rings is 2. The molecule has 0 atom stereocenters. The average molecular weight is 273 g/mol. The summed E-state index contributed by atoms with van der Waals surface area (Å²) in [5, 5.41) is 0.634. The van der Waals surface area contributed by atoms with Crippen LogP contribution in [0.25, 0.3) is 11.1 Å². The van der Waals surface area contributed by atoms with Gasteiger partial charge in [-0.2, -0.15) is 0 Å². The van der Waals surface area contributed by atoms with Crippen LogP contribution in [-0.4, -0.2) is 9.97 Å². The van der Waals surface area contributed by atoms with Crippen molar-refractivity contribution in [1.82, 2.24) is 9.97 Å². The standard InChI is InChI=1S/C16H17ClN2/c1-10(2)9-11-3-4-13-12-7-8-18-16(17)14(12)5-6-15(13)19-11/h3-4,7-8,10H,5-6,9H2,1-2H3. The molecule has 0 N–H and O–H groups in total. The van der Waals surface area contributed by atoms with E-state index in [-0.39, 0.29) is 0 Å². The Morgan fingerprint density at radius 2 is 2.00 bits per heavy atom. The first kappa shape index (κ1) is 12.6. The van der Waals surface area contributed by atoms with Crippen LogP contribution >= 0.6 is 11.6 Å². The largest absolute Gasteiger partial charge is 0.257 e. The molecule has 0 unspecified atom stereocenters. The normalized spacial score (nSPS) is 13.3. The van der Waals surface area contributed by atoms with E-state index in [0.29, 0.717) is 11.1 Å². The zero-order valence-corrected chi connectivity index (χ0v) is 12.0. The average Bonchev–Trinajstić information content (AvgIpc) is 2.38. The highest BCUT2D eigenvalue weighted by atomic mass is 35.5. The molecule has 0 amide bonds. The van der Waals surface area contributed by atoms with Crippen LogP contribution in [0.15, 0.2) is 24.4 Å². The Morgan fingerprint density at radius 3 is 2.79 bits per heavy atom. The maximum Gasteiger partial charge on any atom is 0.132 e. The molecule has 0 radical (unpaired) electrons. The minimum atomic E-state index is 0.634. The number of aromatic nitrogens is 2. The third-order valence-corrected chi connectivity index (χ3v) is 3.88. The van der Waals surface area contributed by atoms with Gasteiger partial charge in [-0.1, -0.05) is 31.5 Å². The van der Waals surface area contributed by atoms with Gasteiger partial charge in [0, 0.05) is 23.1 Å².